The van der Waals surface area contributed by atoms with Crippen LogP contribution < -0.4 is 5.32 Å². The Morgan fingerprint density at radius 3 is 2.46 bits per heavy atom. The maximum absolute atomic E-state index is 12.2. The van der Waals surface area contributed by atoms with E-state index < -0.39 is 6.10 Å². The molecule has 5 heteroatoms. The van der Waals surface area contributed by atoms with Gasteiger partial charge in [0.1, 0.15) is 0 Å². The van der Waals surface area contributed by atoms with Crippen LogP contribution in [0.25, 0.3) is 11.1 Å². The molecular weight excluding hydrogens is 350 g/mol. The Bertz CT molecular complexity index is 837. The average Bonchev–Trinajstić information content (AvgIpc) is 2.54. The van der Waals surface area contributed by atoms with E-state index >= 15 is 0 Å². The van der Waals surface area contributed by atoms with Crippen molar-refractivity contribution < 1.29 is 14.3 Å². The Kier molecular flexibility index (Phi) is 5.05. The summed E-state index contributed by atoms with van der Waals surface area (Å²) in [5.41, 5.74) is 3.59. The number of anilines is 1. The Morgan fingerprint density at radius 1 is 1.15 bits per heavy atom. The third-order valence-electron chi connectivity index (χ3n) is 4.19. The van der Waals surface area contributed by atoms with Gasteiger partial charge in [0.05, 0.1) is 6.42 Å². The molecule has 0 aromatic heterocycles. The number of hydrogen-bond donors (Lipinski definition) is 1. The minimum absolute atomic E-state index is 0.179. The predicted octanol–water partition coefficient (Wildman–Crippen LogP) is 4.85. The minimum atomic E-state index is -0.794. The number of esters is 1. The van der Waals surface area contributed by atoms with E-state index in [9.17, 15) is 9.59 Å². The molecule has 0 saturated heterocycles. The van der Waals surface area contributed by atoms with E-state index in [-0.39, 0.29) is 23.7 Å². The summed E-state index contributed by atoms with van der Waals surface area (Å²) in [7, 11) is 0. The SMILES string of the molecule is CC(C)(C)CC(=O)OC1Cc2cc(-c3ccc(Cl)cc3)ccc2NC1=O. The number of carbonyl (C=O) groups excluding carboxylic acids is 2. The predicted molar refractivity (Wildman–Crippen MR) is 103 cm³/mol. The second-order valence-corrected chi connectivity index (χ2v) is 8.22. The topological polar surface area (TPSA) is 55.4 Å². The van der Waals surface area contributed by atoms with Gasteiger partial charge in [-0.1, -0.05) is 50.6 Å². The lowest BCUT2D eigenvalue weighted by Crippen LogP contribution is -2.38. The van der Waals surface area contributed by atoms with E-state index in [0.29, 0.717) is 11.4 Å². The molecular formula is C21H22ClNO3. The molecule has 1 atom stereocenters. The zero-order valence-electron chi connectivity index (χ0n) is 15.1. The quantitative estimate of drug-likeness (QED) is 0.784. The van der Waals surface area contributed by atoms with Crippen LogP contribution in [0.15, 0.2) is 42.5 Å². The summed E-state index contributed by atoms with van der Waals surface area (Å²) >= 11 is 5.95. The molecule has 1 N–H and O–H groups in total. The Balaban J connectivity index is 1.79. The Labute approximate surface area is 158 Å². The highest BCUT2D eigenvalue weighted by Gasteiger charge is 2.30. The monoisotopic (exact) mass is 371 g/mol. The van der Waals surface area contributed by atoms with Crippen molar-refractivity contribution in [3.63, 3.8) is 0 Å². The first-order valence-corrected chi connectivity index (χ1v) is 8.98. The number of amides is 1. The molecule has 0 radical (unpaired) electrons. The zero-order valence-corrected chi connectivity index (χ0v) is 15.9. The van der Waals surface area contributed by atoms with Crippen molar-refractivity contribution in [1.29, 1.82) is 0 Å². The first-order valence-electron chi connectivity index (χ1n) is 8.60. The van der Waals surface area contributed by atoms with E-state index in [4.69, 9.17) is 16.3 Å². The van der Waals surface area contributed by atoms with Gasteiger partial charge in [0, 0.05) is 17.1 Å². The lowest BCUT2D eigenvalue weighted by molar-refractivity contribution is -0.156. The molecule has 2 aromatic carbocycles. The summed E-state index contributed by atoms with van der Waals surface area (Å²) in [4.78, 5) is 24.3. The average molecular weight is 372 g/mol. The third-order valence-corrected chi connectivity index (χ3v) is 4.44. The number of nitrogens with one attached hydrogen (secondary N) is 1. The lowest BCUT2D eigenvalue weighted by Gasteiger charge is -2.26. The van der Waals surface area contributed by atoms with Crippen molar-refractivity contribution >= 4 is 29.2 Å². The van der Waals surface area contributed by atoms with Crippen LogP contribution in [0.2, 0.25) is 5.02 Å². The summed E-state index contributed by atoms with van der Waals surface area (Å²) < 4.78 is 5.43. The molecule has 26 heavy (non-hydrogen) atoms. The van der Waals surface area contributed by atoms with Gasteiger partial charge in [0.25, 0.3) is 5.91 Å². The molecule has 136 valence electrons. The Morgan fingerprint density at radius 2 is 1.81 bits per heavy atom. The van der Waals surface area contributed by atoms with Crippen molar-refractivity contribution in [2.75, 3.05) is 5.32 Å². The van der Waals surface area contributed by atoms with E-state index in [1.165, 1.54) is 0 Å². The van der Waals surface area contributed by atoms with Gasteiger partial charge in [0.2, 0.25) is 0 Å². The molecule has 0 aliphatic carbocycles. The summed E-state index contributed by atoms with van der Waals surface area (Å²) in [5, 5.41) is 3.51. The lowest BCUT2D eigenvalue weighted by atomic mass is 9.92. The van der Waals surface area contributed by atoms with Gasteiger partial charge in [-0.05, 0) is 46.4 Å². The molecule has 1 unspecified atom stereocenters. The van der Waals surface area contributed by atoms with Crippen molar-refractivity contribution in [1.82, 2.24) is 0 Å². The fourth-order valence-electron chi connectivity index (χ4n) is 2.94. The number of halogens is 1. The normalized spacial score (nSPS) is 16.6. The smallest absolute Gasteiger partial charge is 0.307 e. The number of ether oxygens (including phenoxy) is 1. The van der Waals surface area contributed by atoms with Crippen molar-refractivity contribution in [2.24, 2.45) is 5.41 Å². The van der Waals surface area contributed by atoms with Crippen molar-refractivity contribution in [2.45, 2.75) is 39.7 Å². The van der Waals surface area contributed by atoms with Gasteiger partial charge in [-0.25, -0.2) is 0 Å². The molecule has 1 amide bonds. The minimum Gasteiger partial charge on any atom is -0.452 e. The fourth-order valence-corrected chi connectivity index (χ4v) is 3.07. The summed E-state index contributed by atoms with van der Waals surface area (Å²) in [6.45, 7) is 5.88. The first kappa shape index (κ1) is 18.5. The molecule has 0 spiro atoms. The van der Waals surface area contributed by atoms with Crippen LogP contribution in [0.5, 0.6) is 0 Å². The largest absolute Gasteiger partial charge is 0.452 e. The van der Waals surface area contributed by atoms with Gasteiger partial charge in [-0.3, -0.25) is 9.59 Å². The highest BCUT2D eigenvalue weighted by atomic mass is 35.5. The number of benzene rings is 2. The van der Waals surface area contributed by atoms with Crippen LogP contribution in [0.4, 0.5) is 5.69 Å². The summed E-state index contributed by atoms with van der Waals surface area (Å²) in [6, 6.07) is 13.4. The molecule has 4 nitrogen and oxygen atoms in total. The molecule has 2 aromatic rings. The Hall–Kier alpha value is -2.33. The van der Waals surface area contributed by atoms with E-state index in [1.54, 1.807) is 0 Å². The van der Waals surface area contributed by atoms with Gasteiger partial charge in [-0.15, -0.1) is 0 Å². The van der Waals surface area contributed by atoms with Crippen LogP contribution in [0.1, 0.15) is 32.8 Å². The zero-order chi connectivity index (χ0) is 18.9. The fraction of sp³-hybridized carbons (Fsp3) is 0.333. The highest BCUT2D eigenvalue weighted by molar-refractivity contribution is 6.30. The van der Waals surface area contributed by atoms with Gasteiger partial charge >= 0.3 is 5.97 Å². The summed E-state index contributed by atoms with van der Waals surface area (Å²) in [5.74, 6) is -0.631. The van der Waals surface area contributed by atoms with Crippen LogP contribution in [-0.4, -0.2) is 18.0 Å². The summed E-state index contributed by atoms with van der Waals surface area (Å²) in [6.07, 6.45) is -0.148. The van der Waals surface area contributed by atoms with Crippen molar-refractivity contribution in [3.05, 3.63) is 53.1 Å². The maximum atomic E-state index is 12.2. The van der Waals surface area contributed by atoms with Gasteiger partial charge < -0.3 is 10.1 Å². The van der Waals surface area contributed by atoms with Crippen LogP contribution in [-0.2, 0) is 20.7 Å². The van der Waals surface area contributed by atoms with Crippen LogP contribution in [0, 0.1) is 5.41 Å². The van der Waals surface area contributed by atoms with E-state index in [0.717, 1.165) is 22.4 Å². The standard InChI is InChI=1S/C21H22ClNO3/c1-21(2,3)12-19(24)26-18-11-15-10-14(6-9-17(15)23-20(18)25)13-4-7-16(22)8-5-13/h4-10,18H,11-12H2,1-3H3,(H,23,25). The highest BCUT2D eigenvalue weighted by Crippen LogP contribution is 2.30. The van der Waals surface area contributed by atoms with Gasteiger partial charge in [0.15, 0.2) is 6.10 Å². The van der Waals surface area contributed by atoms with Crippen molar-refractivity contribution in [3.8, 4) is 11.1 Å². The number of carbonyl (C=O) groups is 2. The second kappa shape index (κ2) is 7.12. The van der Waals surface area contributed by atoms with E-state index in [2.05, 4.69) is 5.32 Å². The number of hydrogen-bond acceptors (Lipinski definition) is 3. The van der Waals surface area contributed by atoms with Crippen LogP contribution >= 0.6 is 11.6 Å². The number of fused-ring (bicyclic) bond motifs is 1. The molecule has 0 bridgehead atoms. The van der Waals surface area contributed by atoms with E-state index in [1.807, 2.05) is 63.2 Å². The molecule has 1 heterocycles. The number of rotatable bonds is 3. The molecule has 1 aliphatic heterocycles. The third kappa shape index (κ3) is 4.44. The maximum Gasteiger partial charge on any atom is 0.307 e. The van der Waals surface area contributed by atoms with Gasteiger partial charge in [-0.2, -0.15) is 0 Å². The first-order chi connectivity index (χ1) is 12.2. The van der Waals surface area contributed by atoms with Crippen LogP contribution in [0.3, 0.4) is 0 Å². The molecule has 3 rings (SSSR count). The molecule has 0 fully saturated rings. The molecule has 0 saturated carbocycles. The molecule has 1 aliphatic rings. The second-order valence-electron chi connectivity index (χ2n) is 7.79.